The van der Waals surface area contributed by atoms with Crippen molar-refractivity contribution in [3.63, 3.8) is 0 Å². The van der Waals surface area contributed by atoms with Crippen LogP contribution in [0, 0.1) is 5.92 Å². The Labute approximate surface area is 147 Å². The van der Waals surface area contributed by atoms with Crippen LogP contribution in [0.5, 0.6) is 0 Å². The molecule has 1 aliphatic heterocycles. The van der Waals surface area contributed by atoms with Crippen LogP contribution in [0.15, 0.2) is 6.07 Å². The van der Waals surface area contributed by atoms with Crippen LogP contribution in [0.3, 0.4) is 0 Å². The van der Waals surface area contributed by atoms with Gasteiger partial charge in [-0.25, -0.2) is 0 Å². The Kier molecular flexibility index (Phi) is 4.61. The van der Waals surface area contributed by atoms with Crippen LogP contribution >= 0.6 is 11.3 Å². The molecule has 0 N–H and O–H groups in total. The first-order valence-corrected chi connectivity index (χ1v) is 10.2. The lowest BCUT2D eigenvalue weighted by Gasteiger charge is -2.35. The Balaban J connectivity index is 1.36. The zero-order valence-electron chi connectivity index (χ0n) is 14.3. The number of thiophene rings is 1. The molecule has 0 radical (unpaired) electrons. The van der Waals surface area contributed by atoms with E-state index in [1.807, 2.05) is 9.80 Å². The molecule has 130 valence electrons. The number of amides is 2. The summed E-state index contributed by atoms with van der Waals surface area (Å²) in [7, 11) is 0. The average molecular weight is 346 g/mol. The van der Waals surface area contributed by atoms with Crippen LogP contribution in [0.25, 0.3) is 0 Å². The molecule has 2 fully saturated rings. The summed E-state index contributed by atoms with van der Waals surface area (Å²) in [5, 5.41) is 0. The van der Waals surface area contributed by atoms with Gasteiger partial charge in [0.15, 0.2) is 0 Å². The van der Waals surface area contributed by atoms with Crippen molar-refractivity contribution >= 4 is 23.2 Å². The molecule has 1 saturated heterocycles. The van der Waals surface area contributed by atoms with E-state index in [1.165, 1.54) is 36.1 Å². The van der Waals surface area contributed by atoms with Crippen molar-refractivity contribution in [1.82, 2.24) is 9.80 Å². The van der Waals surface area contributed by atoms with Gasteiger partial charge in [-0.05, 0) is 50.2 Å². The molecule has 0 bridgehead atoms. The van der Waals surface area contributed by atoms with Crippen molar-refractivity contribution in [2.45, 2.75) is 51.4 Å². The molecular weight excluding hydrogens is 320 g/mol. The second kappa shape index (κ2) is 6.87. The highest BCUT2D eigenvalue weighted by Gasteiger charge is 2.31. The predicted molar refractivity (Wildman–Crippen MR) is 95.4 cm³/mol. The molecule has 2 amide bonds. The molecule has 3 aliphatic rings. The lowest BCUT2D eigenvalue weighted by molar-refractivity contribution is -0.136. The molecule has 0 atom stereocenters. The van der Waals surface area contributed by atoms with Gasteiger partial charge in [-0.2, -0.15) is 0 Å². The summed E-state index contributed by atoms with van der Waals surface area (Å²) in [5.74, 6) is 0.741. The van der Waals surface area contributed by atoms with E-state index in [2.05, 4.69) is 6.07 Å². The highest BCUT2D eigenvalue weighted by atomic mass is 32.1. The molecule has 1 aromatic heterocycles. The second-order valence-corrected chi connectivity index (χ2v) is 8.50. The minimum atomic E-state index is 0.169. The van der Waals surface area contributed by atoms with Crippen molar-refractivity contribution in [2.75, 3.05) is 26.2 Å². The Morgan fingerprint density at radius 3 is 2.29 bits per heavy atom. The number of rotatable bonds is 2. The van der Waals surface area contributed by atoms with Gasteiger partial charge in [0.2, 0.25) is 5.91 Å². The third-order valence-corrected chi connectivity index (χ3v) is 7.02. The quantitative estimate of drug-likeness (QED) is 0.826. The largest absolute Gasteiger partial charge is 0.339 e. The molecule has 24 heavy (non-hydrogen) atoms. The minimum Gasteiger partial charge on any atom is -0.339 e. The number of hydrogen-bond acceptors (Lipinski definition) is 3. The molecule has 4 rings (SSSR count). The fourth-order valence-electron chi connectivity index (χ4n) is 4.31. The number of fused-ring (bicyclic) bond motifs is 1. The zero-order valence-corrected chi connectivity index (χ0v) is 15.1. The maximum Gasteiger partial charge on any atom is 0.264 e. The molecule has 2 aliphatic carbocycles. The molecule has 1 aromatic rings. The smallest absolute Gasteiger partial charge is 0.264 e. The van der Waals surface area contributed by atoms with E-state index in [1.54, 1.807) is 11.3 Å². The molecule has 2 heterocycles. The number of carbonyl (C=O) groups is 2. The van der Waals surface area contributed by atoms with Gasteiger partial charge in [0.25, 0.3) is 5.91 Å². The van der Waals surface area contributed by atoms with E-state index < -0.39 is 0 Å². The summed E-state index contributed by atoms with van der Waals surface area (Å²) >= 11 is 1.69. The number of piperazine rings is 1. The van der Waals surface area contributed by atoms with Crippen LogP contribution in [-0.2, 0) is 17.6 Å². The Morgan fingerprint density at radius 2 is 1.58 bits per heavy atom. The van der Waals surface area contributed by atoms with Gasteiger partial charge in [0.05, 0.1) is 4.88 Å². The van der Waals surface area contributed by atoms with E-state index in [9.17, 15) is 9.59 Å². The van der Waals surface area contributed by atoms with Gasteiger partial charge >= 0.3 is 0 Å². The highest BCUT2D eigenvalue weighted by molar-refractivity contribution is 7.14. The first-order chi connectivity index (χ1) is 11.7. The van der Waals surface area contributed by atoms with Gasteiger partial charge in [-0.3, -0.25) is 9.59 Å². The van der Waals surface area contributed by atoms with Crippen LogP contribution < -0.4 is 0 Å². The second-order valence-electron chi connectivity index (χ2n) is 7.37. The summed E-state index contributed by atoms with van der Waals surface area (Å²) < 4.78 is 0. The zero-order chi connectivity index (χ0) is 16.5. The topological polar surface area (TPSA) is 40.6 Å². The van der Waals surface area contributed by atoms with Gasteiger partial charge in [-0.1, -0.05) is 12.8 Å². The Morgan fingerprint density at radius 1 is 0.917 bits per heavy atom. The SMILES string of the molecule is O=C(c1cc2c(s1)CCCC2)N1CCN(C(=O)C2CCCC2)CC1. The third-order valence-electron chi connectivity index (χ3n) is 5.79. The van der Waals surface area contributed by atoms with Crippen molar-refractivity contribution < 1.29 is 9.59 Å². The minimum absolute atomic E-state index is 0.169. The normalized spacial score (nSPS) is 21.8. The van der Waals surface area contributed by atoms with Crippen molar-refractivity contribution in [3.8, 4) is 0 Å². The first kappa shape index (κ1) is 16.1. The number of nitrogens with zero attached hydrogens (tertiary/aromatic N) is 2. The molecule has 0 spiro atoms. The van der Waals surface area contributed by atoms with E-state index >= 15 is 0 Å². The standard InChI is InChI=1S/C19H26N2O2S/c22-18(14-5-1-2-6-14)20-9-11-21(12-10-20)19(23)17-13-15-7-3-4-8-16(15)24-17/h13-14H,1-12H2. The Bertz CT molecular complexity index is 602. The number of carbonyl (C=O) groups excluding carboxylic acids is 2. The summed E-state index contributed by atoms with van der Waals surface area (Å²) in [6.45, 7) is 2.76. The lowest BCUT2D eigenvalue weighted by atomic mass is 9.99. The van der Waals surface area contributed by atoms with Crippen molar-refractivity contribution in [1.29, 1.82) is 0 Å². The van der Waals surface area contributed by atoms with Crippen LogP contribution in [-0.4, -0.2) is 47.8 Å². The van der Waals surface area contributed by atoms with Crippen molar-refractivity contribution in [2.24, 2.45) is 5.92 Å². The van der Waals surface area contributed by atoms with Gasteiger partial charge in [-0.15, -0.1) is 11.3 Å². The number of hydrogen-bond donors (Lipinski definition) is 0. The van der Waals surface area contributed by atoms with E-state index in [0.717, 1.165) is 30.6 Å². The highest BCUT2D eigenvalue weighted by Crippen LogP contribution is 2.31. The summed E-state index contributed by atoms with van der Waals surface area (Å²) in [5.41, 5.74) is 1.39. The summed E-state index contributed by atoms with van der Waals surface area (Å²) in [6.07, 6.45) is 9.26. The monoisotopic (exact) mass is 346 g/mol. The fraction of sp³-hybridized carbons (Fsp3) is 0.684. The van der Waals surface area contributed by atoms with Crippen LogP contribution in [0.2, 0.25) is 0 Å². The van der Waals surface area contributed by atoms with Gasteiger partial charge in [0.1, 0.15) is 0 Å². The fourth-order valence-corrected chi connectivity index (χ4v) is 5.53. The maximum atomic E-state index is 12.8. The summed E-state index contributed by atoms with van der Waals surface area (Å²) in [6, 6.07) is 2.12. The average Bonchev–Trinajstić information content (AvgIpc) is 3.30. The van der Waals surface area contributed by atoms with Crippen LogP contribution in [0.4, 0.5) is 0 Å². The Hall–Kier alpha value is -1.36. The van der Waals surface area contributed by atoms with Crippen molar-refractivity contribution in [3.05, 3.63) is 21.4 Å². The first-order valence-electron chi connectivity index (χ1n) is 9.42. The molecule has 0 unspecified atom stereocenters. The van der Waals surface area contributed by atoms with E-state index in [0.29, 0.717) is 32.1 Å². The number of aryl methyl sites for hydroxylation is 2. The lowest BCUT2D eigenvalue weighted by Crippen LogP contribution is -2.51. The summed E-state index contributed by atoms with van der Waals surface area (Å²) in [4.78, 5) is 31.5. The third kappa shape index (κ3) is 3.10. The van der Waals surface area contributed by atoms with E-state index in [-0.39, 0.29) is 11.8 Å². The predicted octanol–water partition coefficient (Wildman–Crippen LogP) is 3.10. The van der Waals surface area contributed by atoms with Gasteiger partial charge in [0, 0.05) is 37.0 Å². The molecule has 5 heteroatoms. The molecule has 1 saturated carbocycles. The molecule has 0 aromatic carbocycles. The van der Waals surface area contributed by atoms with Gasteiger partial charge < -0.3 is 9.80 Å². The maximum absolute atomic E-state index is 12.8. The van der Waals surface area contributed by atoms with E-state index in [4.69, 9.17) is 0 Å². The molecule has 4 nitrogen and oxygen atoms in total. The molecular formula is C19H26N2O2S. The van der Waals surface area contributed by atoms with Crippen LogP contribution in [0.1, 0.15) is 58.6 Å².